The van der Waals surface area contributed by atoms with Crippen LogP contribution in [0.3, 0.4) is 0 Å². The molecular formula is C15H11F2NO2. The van der Waals surface area contributed by atoms with Crippen molar-refractivity contribution in [2.24, 2.45) is 0 Å². The number of benzene rings is 2. The van der Waals surface area contributed by atoms with E-state index in [2.05, 4.69) is 0 Å². The summed E-state index contributed by atoms with van der Waals surface area (Å²) in [5.41, 5.74) is 1.14. The van der Waals surface area contributed by atoms with E-state index < -0.39 is 11.6 Å². The van der Waals surface area contributed by atoms with E-state index in [-0.39, 0.29) is 19.1 Å². The summed E-state index contributed by atoms with van der Waals surface area (Å²) in [5, 5.41) is 0. The first-order valence-electron chi connectivity index (χ1n) is 6.11. The van der Waals surface area contributed by atoms with Crippen molar-refractivity contribution < 1.29 is 18.3 Å². The molecule has 20 heavy (non-hydrogen) atoms. The third kappa shape index (κ3) is 2.22. The maximum Gasteiger partial charge on any atom is 0.265 e. The smallest absolute Gasteiger partial charge is 0.265 e. The van der Waals surface area contributed by atoms with Gasteiger partial charge in [0, 0.05) is 17.3 Å². The van der Waals surface area contributed by atoms with Crippen molar-refractivity contribution in [1.29, 1.82) is 0 Å². The lowest BCUT2D eigenvalue weighted by Gasteiger charge is -2.20. The van der Waals surface area contributed by atoms with Crippen LogP contribution in [0.5, 0.6) is 5.75 Å². The van der Waals surface area contributed by atoms with Crippen LogP contribution in [0.2, 0.25) is 0 Å². The van der Waals surface area contributed by atoms with Crippen LogP contribution in [0, 0.1) is 11.6 Å². The first-order valence-corrected chi connectivity index (χ1v) is 6.11. The van der Waals surface area contributed by atoms with Gasteiger partial charge in [0.15, 0.2) is 18.2 Å². The second kappa shape index (κ2) is 4.92. The molecule has 2 aromatic carbocycles. The van der Waals surface area contributed by atoms with Crippen LogP contribution in [0.4, 0.5) is 14.5 Å². The lowest BCUT2D eigenvalue weighted by atomic mass is 10.1. The Morgan fingerprint density at radius 1 is 1.05 bits per heavy atom. The molecule has 0 atom stereocenters. The summed E-state index contributed by atoms with van der Waals surface area (Å²) in [6, 6.07) is 10.7. The molecule has 0 radical (unpaired) electrons. The van der Waals surface area contributed by atoms with Crippen molar-refractivity contribution in [3.05, 3.63) is 59.7 Å². The highest BCUT2D eigenvalue weighted by Gasteiger charge is 2.23. The average Bonchev–Trinajstić information content (AvgIpc) is 2.62. The summed E-state index contributed by atoms with van der Waals surface area (Å²) in [4.78, 5) is 13.4. The van der Waals surface area contributed by atoms with Crippen molar-refractivity contribution in [1.82, 2.24) is 0 Å². The SMILES string of the molecule is O=C1COc2ccccc2CN1c1ccc(F)c(F)c1. The van der Waals surface area contributed by atoms with Crippen LogP contribution >= 0.6 is 0 Å². The van der Waals surface area contributed by atoms with Gasteiger partial charge in [-0.25, -0.2) is 8.78 Å². The molecule has 0 aromatic heterocycles. The monoisotopic (exact) mass is 275 g/mol. The largest absolute Gasteiger partial charge is 0.483 e. The van der Waals surface area contributed by atoms with Gasteiger partial charge >= 0.3 is 0 Å². The number of ether oxygens (including phenoxy) is 1. The minimum atomic E-state index is -0.978. The number of halogens is 2. The zero-order valence-electron chi connectivity index (χ0n) is 10.5. The zero-order valence-corrected chi connectivity index (χ0v) is 10.5. The van der Waals surface area contributed by atoms with Gasteiger partial charge in [-0.05, 0) is 18.2 Å². The number of para-hydroxylation sites is 1. The van der Waals surface area contributed by atoms with Gasteiger partial charge < -0.3 is 9.64 Å². The Hall–Kier alpha value is -2.43. The molecule has 102 valence electrons. The Balaban J connectivity index is 1.99. The Morgan fingerprint density at radius 2 is 1.85 bits per heavy atom. The molecule has 2 aromatic rings. The molecule has 1 heterocycles. The quantitative estimate of drug-likeness (QED) is 0.801. The van der Waals surface area contributed by atoms with Gasteiger partial charge in [0.1, 0.15) is 5.75 Å². The van der Waals surface area contributed by atoms with E-state index in [9.17, 15) is 13.6 Å². The molecule has 3 rings (SSSR count). The Labute approximate surface area is 114 Å². The van der Waals surface area contributed by atoms with Gasteiger partial charge in [-0.3, -0.25) is 4.79 Å². The van der Waals surface area contributed by atoms with Crippen molar-refractivity contribution >= 4 is 11.6 Å². The maximum absolute atomic E-state index is 13.3. The molecule has 0 spiro atoms. The number of hydrogen-bond acceptors (Lipinski definition) is 2. The van der Waals surface area contributed by atoms with Gasteiger partial charge in [-0.15, -0.1) is 0 Å². The van der Waals surface area contributed by atoms with E-state index in [4.69, 9.17) is 4.74 Å². The summed E-state index contributed by atoms with van der Waals surface area (Å²) in [6.07, 6.45) is 0. The Morgan fingerprint density at radius 3 is 2.65 bits per heavy atom. The summed E-state index contributed by atoms with van der Waals surface area (Å²) in [5.74, 6) is -1.58. The molecular weight excluding hydrogens is 264 g/mol. The molecule has 1 amide bonds. The van der Waals surface area contributed by atoms with Crippen LogP contribution in [-0.2, 0) is 11.3 Å². The van der Waals surface area contributed by atoms with Gasteiger partial charge in [0.2, 0.25) is 0 Å². The summed E-state index contributed by atoms with van der Waals surface area (Å²) >= 11 is 0. The van der Waals surface area contributed by atoms with Gasteiger partial charge in [-0.2, -0.15) is 0 Å². The second-order valence-corrected chi connectivity index (χ2v) is 4.47. The van der Waals surface area contributed by atoms with Crippen LogP contribution in [0.1, 0.15) is 5.56 Å². The normalized spacial score (nSPS) is 14.5. The predicted octanol–water partition coefficient (Wildman–Crippen LogP) is 2.89. The molecule has 3 nitrogen and oxygen atoms in total. The van der Waals surface area contributed by atoms with Crippen LogP contribution in [0.25, 0.3) is 0 Å². The Kier molecular flexibility index (Phi) is 3.10. The summed E-state index contributed by atoms with van der Waals surface area (Å²) < 4.78 is 31.7. The number of amides is 1. The van der Waals surface area contributed by atoms with E-state index in [0.29, 0.717) is 11.4 Å². The topological polar surface area (TPSA) is 29.5 Å². The number of anilines is 1. The number of carbonyl (C=O) groups excluding carboxylic acids is 1. The average molecular weight is 275 g/mol. The predicted molar refractivity (Wildman–Crippen MR) is 69.5 cm³/mol. The van der Waals surface area contributed by atoms with Gasteiger partial charge in [-0.1, -0.05) is 18.2 Å². The fourth-order valence-corrected chi connectivity index (χ4v) is 2.14. The zero-order chi connectivity index (χ0) is 14.1. The van der Waals surface area contributed by atoms with E-state index in [1.807, 2.05) is 18.2 Å². The lowest BCUT2D eigenvalue weighted by Crippen LogP contribution is -2.32. The van der Waals surface area contributed by atoms with Crippen LogP contribution in [-0.4, -0.2) is 12.5 Å². The lowest BCUT2D eigenvalue weighted by molar-refractivity contribution is -0.120. The summed E-state index contributed by atoms with van der Waals surface area (Å²) in [7, 11) is 0. The summed E-state index contributed by atoms with van der Waals surface area (Å²) in [6.45, 7) is 0.135. The van der Waals surface area contributed by atoms with Crippen LogP contribution in [0.15, 0.2) is 42.5 Å². The van der Waals surface area contributed by atoms with Crippen LogP contribution < -0.4 is 9.64 Å². The molecule has 0 saturated carbocycles. The van der Waals surface area contributed by atoms with Gasteiger partial charge in [0.25, 0.3) is 5.91 Å². The molecule has 0 bridgehead atoms. The van der Waals surface area contributed by atoms with E-state index >= 15 is 0 Å². The third-order valence-corrected chi connectivity index (χ3v) is 3.17. The highest BCUT2D eigenvalue weighted by Crippen LogP contribution is 2.27. The molecule has 1 aliphatic heterocycles. The molecule has 0 N–H and O–H groups in total. The molecule has 0 aliphatic carbocycles. The fraction of sp³-hybridized carbons (Fsp3) is 0.133. The fourth-order valence-electron chi connectivity index (χ4n) is 2.14. The minimum absolute atomic E-state index is 0.129. The number of fused-ring (bicyclic) bond motifs is 1. The number of hydrogen-bond donors (Lipinski definition) is 0. The van der Waals surface area contributed by atoms with E-state index in [0.717, 1.165) is 17.7 Å². The minimum Gasteiger partial charge on any atom is -0.483 e. The molecule has 0 unspecified atom stereocenters. The van der Waals surface area contributed by atoms with E-state index in [1.54, 1.807) is 6.07 Å². The van der Waals surface area contributed by atoms with Crippen molar-refractivity contribution in [2.75, 3.05) is 11.5 Å². The molecule has 1 aliphatic rings. The first-order chi connectivity index (χ1) is 9.65. The molecule has 0 saturated heterocycles. The first kappa shape index (κ1) is 12.6. The van der Waals surface area contributed by atoms with E-state index in [1.165, 1.54) is 11.0 Å². The van der Waals surface area contributed by atoms with Gasteiger partial charge in [0.05, 0.1) is 6.54 Å². The Bertz CT molecular complexity index is 673. The highest BCUT2D eigenvalue weighted by atomic mass is 19.2. The van der Waals surface area contributed by atoms with Crippen molar-refractivity contribution in [3.63, 3.8) is 0 Å². The maximum atomic E-state index is 13.3. The number of nitrogens with zero attached hydrogens (tertiary/aromatic N) is 1. The highest BCUT2D eigenvalue weighted by molar-refractivity contribution is 5.95. The number of carbonyl (C=O) groups is 1. The second-order valence-electron chi connectivity index (χ2n) is 4.47. The third-order valence-electron chi connectivity index (χ3n) is 3.17. The van der Waals surface area contributed by atoms with Crippen molar-refractivity contribution in [2.45, 2.75) is 6.54 Å². The standard InChI is InChI=1S/C15H11F2NO2/c16-12-6-5-11(7-13(12)17)18-8-10-3-1-2-4-14(10)20-9-15(18)19/h1-7H,8-9H2. The molecule has 0 fully saturated rings. The van der Waals surface area contributed by atoms with Crippen molar-refractivity contribution in [3.8, 4) is 5.75 Å². The number of rotatable bonds is 1. The molecule has 5 heteroatoms.